The molecule has 0 saturated carbocycles. The summed E-state index contributed by atoms with van der Waals surface area (Å²) in [6.45, 7) is 3.03. The summed E-state index contributed by atoms with van der Waals surface area (Å²) in [5.74, 6) is -0.532. The molecule has 0 unspecified atom stereocenters. The van der Waals surface area contributed by atoms with Crippen molar-refractivity contribution in [2.24, 2.45) is 10.7 Å². The lowest BCUT2D eigenvalue weighted by atomic mass is 10.2. The van der Waals surface area contributed by atoms with Crippen molar-refractivity contribution in [1.29, 1.82) is 0 Å². The molecule has 0 aliphatic rings. The highest BCUT2D eigenvalue weighted by Crippen LogP contribution is 2.00. The van der Waals surface area contributed by atoms with E-state index in [0.717, 1.165) is 6.20 Å². The lowest BCUT2D eigenvalue weighted by Gasteiger charge is -2.05. The predicted octanol–water partition coefficient (Wildman–Crippen LogP) is 0.823. The van der Waals surface area contributed by atoms with Crippen LogP contribution in [0.15, 0.2) is 16.8 Å². The molecule has 0 saturated heterocycles. The van der Waals surface area contributed by atoms with Crippen molar-refractivity contribution in [3.63, 3.8) is 0 Å². The lowest BCUT2D eigenvalue weighted by Crippen LogP contribution is -2.16. The second-order valence-corrected chi connectivity index (χ2v) is 2.46. The summed E-state index contributed by atoms with van der Waals surface area (Å²) in [5, 5.41) is 0. The molecule has 0 aromatic heterocycles. The number of aliphatic imine (C=N–C) groups is 1. The van der Waals surface area contributed by atoms with E-state index in [9.17, 15) is 9.18 Å². The van der Waals surface area contributed by atoms with Crippen LogP contribution in [0.3, 0.4) is 0 Å². The maximum absolute atomic E-state index is 11.8. The van der Waals surface area contributed by atoms with Gasteiger partial charge in [-0.15, -0.1) is 0 Å². The third-order valence-corrected chi connectivity index (χ3v) is 1.49. The number of ether oxygens (including phenoxy) is 1. The molecular weight excluding hydrogens is 187 g/mol. The fraction of sp³-hybridized carbons (Fsp3) is 0.556. The molecule has 0 aliphatic heterocycles. The Morgan fingerprint density at radius 1 is 1.64 bits per heavy atom. The van der Waals surface area contributed by atoms with Gasteiger partial charge < -0.3 is 10.5 Å². The Bertz CT molecular complexity index is 249. The van der Waals surface area contributed by atoms with Crippen molar-refractivity contribution < 1.29 is 13.9 Å². The summed E-state index contributed by atoms with van der Waals surface area (Å²) < 4.78 is 16.5. The van der Waals surface area contributed by atoms with Crippen LogP contribution in [0, 0.1) is 0 Å². The minimum absolute atomic E-state index is 0.0303. The third kappa shape index (κ3) is 4.02. The number of esters is 1. The standard InChI is InChI=1S/C9H15FN2O2/c1-3-14-9(13)8(6-11)7(2)12-5-4-10/h6H,3-5,11H2,1-2H3. The Morgan fingerprint density at radius 3 is 2.71 bits per heavy atom. The maximum Gasteiger partial charge on any atom is 0.341 e. The van der Waals surface area contributed by atoms with Gasteiger partial charge in [0.05, 0.1) is 18.7 Å². The molecule has 0 spiro atoms. The van der Waals surface area contributed by atoms with Gasteiger partial charge in [0, 0.05) is 11.9 Å². The molecule has 0 bridgehead atoms. The number of carbonyl (C=O) groups excluding carboxylic acids is 1. The molecule has 0 amide bonds. The van der Waals surface area contributed by atoms with Gasteiger partial charge in [-0.3, -0.25) is 4.99 Å². The van der Waals surface area contributed by atoms with Gasteiger partial charge in [0.15, 0.2) is 0 Å². The van der Waals surface area contributed by atoms with Crippen molar-refractivity contribution in [3.8, 4) is 0 Å². The number of alkyl halides is 1. The molecule has 0 aromatic carbocycles. The monoisotopic (exact) mass is 202 g/mol. The summed E-state index contributed by atoms with van der Waals surface area (Å²) in [6.07, 6.45) is 1.12. The maximum atomic E-state index is 11.8. The van der Waals surface area contributed by atoms with E-state index in [-0.39, 0.29) is 18.7 Å². The fourth-order valence-corrected chi connectivity index (χ4v) is 0.840. The summed E-state index contributed by atoms with van der Waals surface area (Å²) >= 11 is 0. The number of carbonyl (C=O) groups is 1. The Labute approximate surface area is 82.6 Å². The number of rotatable bonds is 5. The van der Waals surface area contributed by atoms with Crippen LogP contribution in [-0.2, 0) is 9.53 Å². The summed E-state index contributed by atoms with van der Waals surface area (Å²) in [6, 6.07) is 0. The zero-order valence-electron chi connectivity index (χ0n) is 8.42. The van der Waals surface area contributed by atoms with Gasteiger partial charge in [0.25, 0.3) is 0 Å². The highest BCUT2D eigenvalue weighted by molar-refractivity contribution is 6.18. The second kappa shape index (κ2) is 7.06. The first-order valence-electron chi connectivity index (χ1n) is 4.33. The molecule has 0 aliphatic carbocycles. The molecule has 5 heteroatoms. The summed E-state index contributed by atoms with van der Waals surface area (Å²) in [7, 11) is 0. The molecule has 4 nitrogen and oxygen atoms in total. The minimum atomic E-state index is -0.558. The fourth-order valence-electron chi connectivity index (χ4n) is 0.840. The molecule has 0 radical (unpaired) electrons. The minimum Gasteiger partial charge on any atom is -0.462 e. The van der Waals surface area contributed by atoms with Crippen LogP contribution in [0.2, 0.25) is 0 Å². The van der Waals surface area contributed by atoms with E-state index < -0.39 is 12.6 Å². The predicted molar refractivity (Wildman–Crippen MR) is 52.9 cm³/mol. The Hall–Kier alpha value is -1.39. The average molecular weight is 202 g/mol. The van der Waals surface area contributed by atoms with Gasteiger partial charge in [0.1, 0.15) is 6.67 Å². The molecule has 14 heavy (non-hydrogen) atoms. The SMILES string of the molecule is CCOC(=O)C(=CN)C(C)=NCCF. The van der Waals surface area contributed by atoms with Crippen LogP contribution in [0.5, 0.6) is 0 Å². The van der Waals surface area contributed by atoms with Crippen LogP contribution in [-0.4, -0.2) is 31.5 Å². The first kappa shape index (κ1) is 12.6. The van der Waals surface area contributed by atoms with E-state index >= 15 is 0 Å². The molecule has 2 N–H and O–H groups in total. The Morgan fingerprint density at radius 2 is 2.29 bits per heavy atom. The van der Waals surface area contributed by atoms with E-state index in [0.29, 0.717) is 5.71 Å². The number of halogens is 1. The average Bonchev–Trinajstić information content (AvgIpc) is 2.16. The third-order valence-electron chi connectivity index (χ3n) is 1.49. The number of hydrogen-bond acceptors (Lipinski definition) is 4. The topological polar surface area (TPSA) is 64.7 Å². The van der Waals surface area contributed by atoms with Crippen molar-refractivity contribution in [2.75, 3.05) is 19.8 Å². The van der Waals surface area contributed by atoms with E-state index in [2.05, 4.69) is 4.99 Å². The molecule has 0 aromatic rings. The highest BCUT2D eigenvalue weighted by Gasteiger charge is 2.12. The molecule has 80 valence electrons. The molecule has 0 rings (SSSR count). The van der Waals surface area contributed by atoms with Crippen LogP contribution < -0.4 is 5.73 Å². The van der Waals surface area contributed by atoms with Gasteiger partial charge >= 0.3 is 5.97 Å². The molecular formula is C9H15FN2O2. The highest BCUT2D eigenvalue weighted by atomic mass is 19.1. The summed E-state index contributed by atoms with van der Waals surface area (Å²) in [5.41, 5.74) is 5.81. The van der Waals surface area contributed by atoms with E-state index in [1.807, 2.05) is 0 Å². The zero-order chi connectivity index (χ0) is 11.0. The second-order valence-electron chi connectivity index (χ2n) is 2.46. The van der Waals surface area contributed by atoms with Crippen LogP contribution in [0.4, 0.5) is 4.39 Å². The normalized spacial score (nSPS) is 12.8. The molecule has 0 heterocycles. The van der Waals surface area contributed by atoms with Crippen LogP contribution in [0.1, 0.15) is 13.8 Å². The quantitative estimate of drug-likeness (QED) is 0.408. The van der Waals surface area contributed by atoms with Gasteiger partial charge in [-0.2, -0.15) is 0 Å². The van der Waals surface area contributed by atoms with Crippen LogP contribution in [0.25, 0.3) is 0 Å². The van der Waals surface area contributed by atoms with Gasteiger partial charge in [-0.25, -0.2) is 9.18 Å². The van der Waals surface area contributed by atoms with Crippen molar-refractivity contribution in [1.82, 2.24) is 0 Å². The van der Waals surface area contributed by atoms with E-state index in [1.54, 1.807) is 13.8 Å². The van der Waals surface area contributed by atoms with E-state index in [4.69, 9.17) is 10.5 Å². The van der Waals surface area contributed by atoms with Gasteiger partial charge in [0.2, 0.25) is 0 Å². The van der Waals surface area contributed by atoms with Crippen molar-refractivity contribution in [3.05, 3.63) is 11.8 Å². The first-order valence-corrected chi connectivity index (χ1v) is 4.33. The summed E-state index contributed by atoms with van der Waals surface area (Å²) in [4.78, 5) is 15.0. The number of nitrogens with zero attached hydrogens (tertiary/aromatic N) is 1. The Balaban J connectivity index is 4.49. The number of hydrogen-bond donors (Lipinski definition) is 1. The van der Waals surface area contributed by atoms with Gasteiger partial charge in [-0.1, -0.05) is 0 Å². The first-order chi connectivity index (χ1) is 6.67. The Kier molecular flexibility index (Phi) is 6.36. The molecule has 0 fully saturated rings. The van der Waals surface area contributed by atoms with Crippen LogP contribution >= 0.6 is 0 Å². The van der Waals surface area contributed by atoms with Gasteiger partial charge in [-0.05, 0) is 13.8 Å². The van der Waals surface area contributed by atoms with Crippen molar-refractivity contribution in [2.45, 2.75) is 13.8 Å². The largest absolute Gasteiger partial charge is 0.462 e. The van der Waals surface area contributed by atoms with Crippen molar-refractivity contribution >= 4 is 11.7 Å². The molecule has 0 atom stereocenters. The number of nitrogens with two attached hydrogens (primary N) is 1. The smallest absolute Gasteiger partial charge is 0.341 e. The van der Waals surface area contributed by atoms with E-state index in [1.165, 1.54) is 0 Å². The zero-order valence-corrected chi connectivity index (χ0v) is 8.42. The lowest BCUT2D eigenvalue weighted by molar-refractivity contribution is -0.137.